The van der Waals surface area contributed by atoms with E-state index in [9.17, 15) is 5.11 Å². The topological polar surface area (TPSA) is 59.3 Å². The van der Waals surface area contributed by atoms with Crippen LogP contribution in [0.5, 0.6) is 0 Å². The summed E-state index contributed by atoms with van der Waals surface area (Å²) in [6.45, 7) is 10.4. The SMILES string of the molecule is C=C(/C=N/N1CCN(c2ccccc2)CC1)/C=C(/O)C(=C)O. The molecule has 0 saturated carbocycles. The normalized spacial score (nSPS) is 16.1. The van der Waals surface area contributed by atoms with Gasteiger partial charge in [0.05, 0.1) is 19.3 Å². The number of anilines is 1. The summed E-state index contributed by atoms with van der Waals surface area (Å²) in [7, 11) is 0. The summed E-state index contributed by atoms with van der Waals surface area (Å²) in [5, 5.41) is 24.7. The number of piperazine rings is 1. The maximum Gasteiger partial charge on any atom is 0.157 e. The molecule has 1 fully saturated rings. The zero-order valence-electron chi connectivity index (χ0n) is 12.5. The molecule has 0 aromatic heterocycles. The molecule has 1 aliphatic rings. The van der Waals surface area contributed by atoms with Crippen molar-refractivity contribution in [2.24, 2.45) is 5.10 Å². The van der Waals surface area contributed by atoms with E-state index in [-0.39, 0.29) is 11.5 Å². The van der Waals surface area contributed by atoms with E-state index in [2.05, 4.69) is 35.3 Å². The van der Waals surface area contributed by atoms with Crippen molar-refractivity contribution in [3.8, 4) is 0 Å². The van der Waals surface area contributed by atoms with Gasteiger partial charge in [0.15, 0.2) is 5.76 Å². The Bertz CT molecular complexity index is 585. The van der Waals surface area contributed by atoms with Gasteiger partial charge in [0, 0.05) is 18.8 Å². The Morgan fingerprint density at radius 2 is 1.68 bits per heavy atom. The predicted molar refractivity (Wildman–Crippen MR) is 90.3 cm³/mol. The molecule has 1 saturated heterocycles. The van der Waals surface area contributed by atoms with Crippen molar-refractivity contribution in [1.82, 2.24) is 5.01 Å². The number of aliphatic hydroxyl groups excluding tert-OH is 2. The highest BCUT2D eigenvalue weighted by Gasteiger charge is 2.15. The van der Waals surface area contributed by atoms with Gasteiger partial charge in [0.1, 0.15) is 5.76 Å². The molecule has 1 aliphatic heterocycles. The number of aliphatic hydroxyl groups is 2. The van der Waals surface area contributed by atoms with Crippen molar-refractivity contribution in [3.05, 3.63) is 66.7 Å². The fourth-order valence-electron chi connectivity index (χ4n) is 2.16. The van der Waals surface area contributed by atoms with Crippen molar-refractivity contribution in [2.75, 3.05) is 31.1 Å². The summed E-state index contributed by atoms with van der Waals surface area (Å²) in [5.74, 6) is -0.684. The number of hydrogen-bond donors (Lipinski definition) is 2. The fourth-order valence-corrected chi connectivity index (χ4v) is 2.16. The second-order valence-electron chi connectivity index (χ2n) is 5.07. The maximum absolute atomic E-state index is 9.36. The van der Waals surface area contributed by atoms with Crippen molar-refractivity contribution < 1.29 is 10.2 Å². The lowest BCUT2D eigenvalue weighted by molar-refractivity contribution is 0.272. The molecule has 1 heterocycles. The van der Waals surface area contributed by atoms with Crippen LogP contribution in [0.4, 0.5) is 5.69 Å². The first-order valence-corrected chi connectivity index (χ1v) is 7.13. The molecule has 0 bridgehead atoms. The number of rotatable bonds is 5. The van der Waals surface area contributed by atoms with E-state index < -0.39 is 0 Å². The molecule has 5 heteroatoms. The number of allylic oxidation sites excluding steroid dienone is 2. The number of benzene rings is 1. The van der Waals surface area contributed by atoms with E-state index in [1.165, 1.54) is 11.8 Å². The van der Waals surface area contributed by atoms with Gasteiger partial charge < -0.3 is 15.1 Å². The molecular weight excluding hydrogens is 278 g/mol. The van der Waals surface area contributed by atoms with Gasteiger partial charge in [0.25, 0.3) is 0 Å². The van der Waals surface area contributed by atoms with Crippen LogP contribution in [-0.2, 0) is 0 Å². The van der Waals surface area contributed by atoms with Gasteiger partial charge in [-0.15, -0.1) is 0 Å². The van der Waals surface area contributed by atoms with E-state index in [0.29, 0.717) is 5.57 Å². The van der Waals surface area contributed by atoms with Crippen LogP contribution in [0.15, 0.2) is 71.8 Å². The highest BCUT2D eigenvalue weighted by atomic mass is 16.3. The van der Waals surface area contributed by atoms with Crippen LogP contribution >= 0.6 is 0 Å². The van der Waals surface area contributed by atoms with E-state index in [0.717, 1.165) is 26.2 Å². The van der Waals surface area contributed by atoms with Crippen LogP contribution in [0.3, 0.4) is 0 Å². The first-order chi connectivity index (χ1) is 10.6. The minimum atomic E-state index is -0.383. The summed E-state index contributed by atoms with van der Waals surface area (Å²) in [6, 6.07) is 10.3. The molecule has 0 amide bonds. The third-order valence-electron chi connectivity index (χ3n) is 3.38. The Balaban J connectivity index is 1.85. The summed E-state index contributed by atoms with van der Waals surface area (Å²) < 4.78 is 0. The van der Waals surface area contributed by atoms with Crippen LogP contribution in [0.1, 0.15) is 0 Å². The first kappa shape index (κ1) is 15.7. The Kier molecular flexibility index (Phi) is 5.25. The maximum atomic E-state index is 9.36. The van der Waals surface area contributed by atoms with Crippen LogP contribution in [-0.4, -0.2) is 47.6 Å². The average Bonchev–Trinajstić information content (AvgIpc) is 2.54. The second-order valence-corrected chi connectivity index (χ2v) is 5.07. The standard InChI is InChI=1S/C17H21N3O2/c1-14(12-17(22)15(2)21)13-18-20-10-8-19(9-11-20)16-6-4-3-5-7-16/h3-7,12-13,21-22H,1-2,8-11H2/b17-12+,18-13+. The van der Waals surface area contributed by atoms with Crippen molar-refractivity contribution in [1.29, 1.82) is 0 Å². The van der Waals surface area contributed by atoms with E-state index in [4.69, 9.17) is 5.11 Å². The van der Waals surface area contributed by atoms with Crippen molar-refractivity contribution in [2.45, 2.75) is 0 Å². The molecule has 0 atom stereocenters. The minimum absolute atomic E-state index is 0.301. The highest BCUT2D eigenvalue weighted by molar-refractivity contribution is 5.81. The quantitative estimate of drug-likeness (QED) is 0.498. The molecule has 1 aromatic rings. The molecule has 0 aliphatic carbocycles. The third-order valence-corrected chi connectivity index (χ3v) is 3.38. The van der Waals surface area contributed by atoms with Gasteiger partial charge >= 0.3 is 0 Å². The van der Waals surface area contributed by atoms with E-state index >= 15 is 0 Å². The number of nitrogens with zero attached hydrogens (tertiary/aromatic N) is 3. The monoisotopic (exact) mass is 299 g/mol. The number of para-hydroxylation sites is 1. The molecule has 5 nitrogen and oxygen atoms in total. The van der Waals surface area contributed by atoms with Gasteiger partial charge in [-0.05, 0) is 23.8 Å². The molecule has 2 N–H and O–H groups in total. The zero-order chi connectivity index (χ0) is 15.9. The van der Waals surface area contributed by atoms with Crippen LogP contribution in [0.25, 0.3) is 0 Å². The summed E-state index contributed by atoms with van der Waals surface area (Å²) in [5.41, 5.74) is 1.73. The summed E-state index contributed by atoms with van der Waals surface area (Å²) in [4.78, 5) is 2.32. The molecule has 0 spiro atoms. The first-order valence-electron chi connectivity index (χ1n) is 7.13. The number of hydrazone groups is 1. The fraction of sp³-hybridized carbons (Fsp3) is 0.235. The van der Waals surface area contributed by atoms with Crippen molar-refractivity contribution in [3.63, 3.8) is 0 Å². The second kappa shape index (κ2) is 7.36. The van der Waals surface area contributed by atoms with Gasteiger partial charge in [-0.2, -0.15) is 5.10 Å². The van der Waals surface area contributed by atoms with Crippen LogP contribution < -0.4 is 4.90 Å². The number of hydrogen-bond acceptors (Lipinski definition) is 5. The Morgan fingerprint density at radius 1 is 1.05 bits per heavy atom. The molecule has 2 rings (SSSR count). The van der Waals surface area contributed by atoms with Gasteiger partial charge in [-0.25, -0.2) is 0 Å². The van der Waals surface area contributed by atoms with Gasteiger partial charge in [-0.1, -0.05) is 31.4 Å². The molecule has 22 heavy (non-hydrogen) atoms. The molecule has 0 unspecified atom stereocenters. The summed E-state index contributed by atoms with van der Waals surface area (Å²) in [6.07, 6.45) is 2.89. The molecule has 1 aromatic carbocycles. The predicted octanol–water partition coefficient (Wildman–Crippen LogP) is 2.86. The Labute approximate surface area is 130 Å². The van der Waals surface area contributed by atoms with Crippen LogP contribution in [0.2, 0.25) is 0 Å². The third kappa shape index (κ3) is 4.41. The van der Waals surface area contributed by atoms with E-state index in [1.54, 1.807) is 6.21 Å². The van der Waals surface area contributed by atoms with Gasteiger partial charge in [-0.3, -0.25) is 5.01 Å². The molecule has 0 radical (unpaired) electrons. The van der Waals surface area contributed by atoms with E-state index in [1.807, 2.05) is 23.2 Å². The molecular formula is C17H21N3O2. The largest absolute Gasteiger partial charge is 0.505 e. The minimum Gasteiger partial charge on any atom is -0.505 e. The lowest BCUT2D eigenvalue weighted by Crippen LogP contribution is -2.44. The van der Waals surface area contributed by atoms with Crippen LogP contribution in [0, 0.1) is 0 Å². The molecule has 116 valence electrons. The Hall–Kier alpha value is -2.69. The lowest BCUT2D eigenvalue weighted by atomic mass is 10.2. The Morgan fingerprint density at radius 3 is 2.27 bits per heavy atom. The van der Waals surface area contributed by atoms with Crippen molar-refractivity contribution >= 4 is 11.9 Å². The highest BCUT2D eigenvalue weighted by Crippen LogP contribution is 2.15. The lowest BCUT2D eigenvalue weighted by Gasteiger charge is -2.34. The zero-order valence-corrected chi connectivity index (χ0v) is 12.5. The summed E-state index contributed by atoms with van der Waals surface area (Å²) >= 11 is 0. The smallest absolute Gasteiger partial charge is 0.157 e. The average molecular weight is 299 g/mol. The van der Waals surface area contributed by atoms with Gasteiger partial charge in [0.2, 0.25) is 0 Å².